The molecule has 0 aromatic heterocycles. The molecule has 0 unspecified atom stereocenters. The van der Waals surface area contributed by atoms with Crippen LogP contribution in [0.2, 0.25) is 0 Å². The largest absolute Gasteiger partial charge is 0.443 e. The molecule has 6 amide bonds. The Labute approximate surface area is 220 Å². The van der Waals surface area contributed by atoms with Crippen molar-refractivity contribution >= 4 is 24.2 Å². The van der Waals surface area contributed by atoms with Gasteiger partial charge >= 0.3 is 24.2 Å². The normalized spacial score (nSPS) is 24.2. The van der Waals surface area contributed by atoms with E-state index in [0.29, 0.717) is 11.8 Å². The molecule has 2 fully saturated rings. The first-order valence-electron chi connectivity index (χ1n) is 13.3. The van der Waals surface area contributed by atoms with Crippen molar-refractivity contribution in [3.63, 3.8) is 0 Å². The second-order valence-corrected chi connectivity index (χ2v) is 12.1. The van der Waals surface area contributed by atoms with Gasteiger partial charge in [-0.15, -0.1) is 0 Å². The smallest absolute Gasteiger partial charge is 0.426 e. The molecule has 0 aromatic rings. The minimum Gasteiger partial charge on any atom is -0.443 e. The van der Waals surface area contributed by atoms with Crippen LogP contribution in [0.15, 0.2) is 0 Å². The number of carbonyl (C=O) groups is 4. The van der Waals surface area contributed by atoms with Gasteiger partial charge in [-0.05, 0) is 111 Å². The highest BCUT2D eigenvalue weighted by molar-refractivity contribution is 5.78. The van der Waals surface area contributed by atoms with Crippen LogP contribution in [0.5, 0.6) is 0 Å². The predicted octanol–water partition coefficient (Wildman–Crippen LogP) is 3.97. The summed E-state index contributed by atoms with van der Waals surface area (Å²) in [6.45, 7) is 10.5. The number of nitrogens with one attached hydrogen (secondary N) is 6. The Bertz CT molecular complexity index is 714. The third kappa shape index (κ3) is 13.3. The van der Waals surface area contributed by atoms with Gasteiger partial charge in [0.1, 0.15) is 11.2 Å². The number of ether oxygens (including phenoxy) is 2. The van der Waals surface area contributed by atoms with E-state index in [2.05, 4.69) is 32.3 Å². The molecular weight excluding hydrogens is 480 g/mol. The zero-order chi connectivity index (χ0) is 27.6. The number of carbonyl (C=O) groups excluding carboxylic acids is 4. The van der Waals surface area contributed by atoms with Crippen molar-refractivity contribution < 1.29 is 28.7 Å². The SMILES string of the molecule is CC(C)(C)OC(=O)NNC(=O)NC1CCC(CC2CCC(NC(=O)NNC(=O)OC(C)(C)C)CC2)CC1. The lowest BCUT2D eigenvalue weighted by Gasteiger charge is -2.34. The van der Waals surface area contributed by atoms with Crippen molar-refractivity contribution in [3.05, 3.63) is 0 Å². The number of rotatable bonds is 4. The lowest BCUT2D eigenvalue weighted by atomic mass is 9.76. The molecule has 12 heteroatoms. The van der Waals surface area contributed by atoms with Crippen molar-refractivity contribution in [1.82, 2.24) is 32.3 Å². The second-order valence-electron chi connectivity index (χ2n) is 12.1. The van der Waals surface area contributed by atoms with Gasteiger partial charge in [0.2, 0.25) is 0 Å². The number of hydrogen-bond donors (Lipinski definition) is 6. The zero-order valence-corrected chi connectivity index (χ0v) is 23.1. The van der Waals surface area contributed by atoms with E-state index in [1.165, 1.54) is 0 Å². The maximum Gasteiger partial charge on any atom is 0.426 e. The van der Waals surface area contributed by atoms with Gasteiger partial charge in [-0.25, -0.2) is 40.9 Å². The van der Waals surface area contributed by atoms with Crippen LogP contribution >= 0.6 is 0 Å². The van der Waals surface area contributed by atoms with Gasteiger partial charge in [0.25, 0.3) is 0 Å². The van der Waals surface area contributed by atoms with Crippen LogP contribution in [0.4, 0.5) is 19.2 Å². The summed E-state index contributed by atoms with van der Waals surface area (Å²) in [4.78, 5) is 47.4. The average Bonchev–Trinajstić information content (AvgIpc) is 2.77. The topological polar surface area (TPSA) is 159 Å². The van der Waals surface area contributed by atoms with Gasteiger partial charge in [0.05, 0.1) is 0 Å². The van der Waals surface area contributed by atoms with Crippen LogP contribution in [0, 0.1) is 11.8 Å². The van der Waals surface area contributed by atoms with Crippen LogP contribution in [0.3, 0.4) is 0 Å². The third-order valence-electron chi connectivity index (χ3n) is 6.38. The van der Waals surface area contributed by atoms with Crippen LogP contribution in [0.25, 0.3) is 0 Å². The molecule has 2 saturated carbocycles. The number of hydrazine groups is 2. The predicted molar refractivity (Wildman–Crippen MR) is 138 cm³/mol. The van der Waals surface area contributed by atoms with E-state index >= 15 is 0 Å². The summed E-state index contributed by atoms with van der Waals surface area (Å²) >= 11 is 0. The Morgan fingerprint density at radius 3 is 1.19 bits per heavy atom. The van der Waals surface area contributed by atoms with Crippen molar-refractivity contribution in [2.45, 2.75) is 123 Å². The van der Waals surface area contributed by atoms with Crippen LogP contribution < -0.4 is 32.3 Å². The summed E-state index contributed by atoms with van der Waals surface area (Å²) in [7, 11) is 0. The van der Waals surface area contributed by atoms with Crippen LogP contribution in [-0.4, -0.2) is 47.5 Å². The minimum absolute atomic E-state index is 0.0874. The van der Waals surface area contributed by atoms with E-state index in [4.69, 9.17) is 9.47 Å². The fourth-order valence-electron chi connectivity index (χ4n) is 4.82. The van der Waals surface area contributed by atoms with Gasteiger partial charge in [0, 0.05) is 12.1 Å². The maximum absolute atomic E-state index is 12.1. The Kier molecular flexibility index (Phi) is 11.1. The molecule has 2 aliphatic rings. The minimum atomic E-state index is -0.700. The van der Waals surface area contributed by atoms with Gasteiger partial charge in [0.15, 0.2) is 0 Å². The van der Waals surface area contributed by atoms with Crippen molar-refractivity contribution in [1.29, 1.82) is 0 Å². The molecule has 0 radical (unpaired) electrons. The fraction of sp³-hybridized carbons (Fsp3) is 0.840. The number of amides is 6. The standard InChI is InChI=1S/C25H46N6O6/c1-24(2,3)36-22(34)30-28-20(32)26-18-11-7-16(8-12-18)15-17-9-13-19(14-10-17)27-21(33)29-31-23(35)37-25(4,5)6/h16-19H,7-15H2,1-6H3,(H,30,34)(H,31,35)(H2,26,28,32)(H2,27,29,33). The molecule has 0 spiro atoms. The first-order valence-corrected chi connectivity index (χ1v) is 13.3. The van der Waals surface area contributed by atoms with E-state index in [1.54, 1.807) is 41.5 Å². The average molecular weight is 527 g/mol. The van der Waals surface area contributed by atoms with E-state index in [9.17, 15) is 19.2 Å². The molecule has 0 aliphatic heterocycles. The fourth-order valence-corrected chi connectivity index (χ4v) is 4.82. The zero-order valence-electron chi connectivity index (χ0n) is 23.1. The van der Waals surface area contributed by atoms with Gasteiger partial charge in [-0.3, -0.25) is 0 Å². The van der Waals surface area contributed by atoms with E-state index in [0.717, 1.165) is 57.8 Å². The highest BCUT2D eigenvalue weighted by Gasteiger charge is 2.28. The van der Waals surface area contributed by atoms with Crippen LogP contribution in [0.1, 0.15) is 99.3 Å². The summed E-state index contributed by atoms with van der Waals surface area (Å²) in [5.41, 5.74) is 7.90. The Morgan fingerprint density at radius 1 is 0.568 bits per heavy atom. The van der Waals surface area contributed by atoms with E-state index < -0.39 is 35.5 Å². The molecule has 2 aliphatic carbocycles. The maximum atomic E-state index is 12.1. The molecular formula is C25H46N6O6. The summed E-state index contributed by atoms with van der Waals surface area (Å²) in [5.74, 6) is 1.27. The second kappa shape index (κ2) is 13.6. The van der Waals surface area contributed by atoms with Crippen LogP contribution in [-0.2, 0) is 9.47 Å². The summed E-state index contributed by atoms with van der Waals surface area (Å²) in [6, 6.07) is -0.704. The molecule has 212 valence electrons. The van der Waals surface area contributed by atoms with Gasteiger partial charge in [-0.1, -0.05) is 0 Å². The molecule has 37 heavy (non-hydrogen) atoms. The first kappa shape index (κ1) is 30.3. The first-order chi connectivity index (χ1) is 17.2. The number of hydrogen-bond acceptors (Lipinski definition) is 6. The summed E-state index contributed by atoms with van der Waals surface area (Å²) < 4.78 is 10.2. The Balaban J connectivity index is 1.57. The highest BCUT2D eigenvalue weighted by Crippen LogP contribution is 2.35. The molecule has 0 bridgehead atoms. The monoisotopic (exact) mass is 526 g/mol. The molecule has 0 atom stereocenters. The molecule has 0 aromatic carbocycles. The van der Waals surface area contributed by atoms with E-state index in [1.807, 2.05) is 0 Å². The highest BCUT2D eigenvalue weighted by atomic mass is 16.6. The van der Waals surface area contributed by atoms with Crippen molar-refractivity contribution in [2.75, 3.05) is 0 Å². The van der Waals surface area contributed by atoms with Crippen molar-refractivity contribution in [3.8, 4) is 0 Å². The Morgan fingerprint density at radius 2 is 0.892 bits per heavy atom. The summed E-state index contributed by atoms with van der Waals surface area (Å²) in [6.07, 6.45) is 7.63. The third-order valence-corrected chi connectivity index (χ3v) is 6.38. The Hall–Kier alpha value is -2.92. The van der Waals surface area contributed by atoms with Gasteiger partial charge in [-0.2, -0.15) is 0 Å². The lowest BCUT2D eigenvalue weighted by molar-refractivity contribution is 0.0494. The molecule has 0 heterocycles. The molecule has 12 nitrogen and oxygen atoms in total. The number of urea groups is 2. The van der Waals surface area contributed by atoms with Gasteiger partial charge < -0.3 is 20.1 Å². The lowest BCUT2D eigenvalue weighted by Crippen LogP contribution is -2.51. The summed E-state index contributed by atoms with van der Waals surface area (Å²) in [5, 5.41) is 5.83. The molecule has 6 N–H and O–H groups in total. The molecule has 0 saturated heterocycles. The van der Waals surface area contributed by atoms with Crippen molar-refractivity contribution in [2.24, 2.45) is 11.8 Å². The quantitative estimate of drug-likeness (QED) is 0.304. The van der Waals surface area contributed by atoms with E-state index in [-0.39, 0.29) is 12.1 Å². The molecule has 2 rings (SSSR count).